The Morgan fingerprint density at radius 2 is 1.93 bits per heavy atom. The van der Waals surface area contributed by atoms with E-state index >= 15 is 0 Å². The number of ketones is 1. The molecule has 0 heterocycles. The summed E-state index contributed by atoms with van der Waals surface area (Å²) >= 11 is 11.6. The Hall–Kier alpha value is -0.530. The number of benzene rings is 1. The van der Waals surface area contributed by atoms with Gasteiger partial charge in [-0.05, 0) is 29.2 Å². The molecule has 0 fully saturated rings. The Bertz CT molecular complexity index is 378. The summed E-state index contributed by atoms with van der Waals surface area (Å²) in [6.07, 6.45) is 0. The number of alkyl halides is 1. The van der Waals surface area contributed by atoms with Crippen LogP contribution in [0.4, 0.5) is 0 Å². The predicted molar refractivity (Wildman–Crippen MR) is 65.2 cm³/mol. The molecule has 1 aromatic carbocycles. The molecule has 0 aliphatic rings. The van der Waals surface area contributed by atoms with Crippen molar-refractivity contribution in [1.29, 1.82) is 0 Å². The van der Waals surface area contributed by atoms with Gasteiger partial charge in [-0.2, -0.15) is 0 Å². The lowest BCUT2D eigenvalue weighted by atomic mass is 9.86. The van der Waals surface area contributed by atoms with Crippen molar-refractivity contribution in [3.8, 4) is 0 Å². The highest BCUT2D eigenvalue weighted by atomic mass is 35.5. The fraction of sp³-hybridized carbons (Fsp3) is 0.417. The minimum Gasteiger partial charge on any atom is -0.293 e. The van der Waals surface area contributed by atoms with Crippen molar-refractivity contribution < 1.29 is 4.79 Å². The molecule has 15 heavy (non-hydrogen) atoms. The molecule has 1 nitrogen and oxygen atoms in total. The van der Waals surface area contributed by atoms with Crippen molar-refractivity contribution in [1.82, 2.24) is 0 Å². The van der Waals surface area contributed by atoms with Crippen LogP contribution in [0.5, 0.6) is 0 Å². The van der Waals surface area contributed by atoms with Gasteiger partial charge < -0.3 is 0 Å². The molecule has 82 valence electrons. The molecule has 0 saturated heterocycles. The first-order valence-corrected chi connectivity index (χ1v) is 5.66. The average Bonchev–Trinajstić information content (AvgIpc) is 2.15. The minimum atomic E-state index is -0.0705. The van der Waals surface area contributed by atoms with Gasteiger partial charge in [0.15, 0.2) is 5.78 Å². The molecule has 0 atom stereocenters. The molecule has 0 aliphatic carbocycles. The normalized spacial score (nSPS) is 11.5. The zero-order valence-corrected chi connectivity index (χ0v) is 10.6. The highest BCUT2D eigenvalue weighted by molar-refractivity contribution is 6.32. The zero-order chi connectivity index (χ0) is 11.6. The van der Waals surface area contributed by atoms with Gasteiger partial charge in [0.25, 0.3) is 0 Å². The largest absolute Gasteiger partial charge is 0.293 e. The molecule has 1 rings (SSSR count). The van der Waals surface area contributed by atoms with Crippen molar-refractivity contribution >= 4 is 29.0 Å². The van der Waals surface area contributed by atoms with Crippen LogP contribution in [0.25, 0.3) is 0 Å². The quantitative estimate of drug-likeness (QED) is 0.567. The van der Waals surface area contributed by atoms with Gasteiger partial charge in [-0.1, -0.05) is 32.4 Å². The Labute approximate surface area is 100 Å². The molecular formula is C12H14Cl2O. The third-order valence-corrected chi connectivity index (χ3v) is 2.79. The summed E-state index contributed by atoms with van der Waals surface area (Å²) in [6.45, 7) is 6.18. The molecule has 3 heteroatoms. The van der Waals surface area contributed by atoms with Gasteiger partial charge in [0, 0.05) is 10.6 Å². The zero-order valence-electron chi connectivity index (χ0n) is 9.10. The van der Waals surface area contributed by atoms with E-state index in [0.29, 0.717) is 10.6 Å². The van der Waals surface area contributed by atoms with Gasteiger partial charge in [0.2, 0.25) is 0 Å². The van der Waals surface area contributed by atoms with E-state index in [-0.39, 0.29) is 17.1 Å². The maximum absolute atomic E-state index is 11.4. The van der Waals surface area contributed by atoms with E-state index in [9.17, 15) is 4.79 Å². The van der Waals surface area contributed by atoms with Crippen molar-refractivity contribution in [2.75, 3.05) is 5.88 Å². The molecule has 0 spiro atoms. The van der Waals surface area contributed by atoms with Gasteiger partial charge in [0.1, 0.15) is 0 Å². The highest BCUT2D eigenvalue weighted by Gasteiger charge is 2.18. The molecular weight excluding hydrogens is 231 g/mol. The number of Topliss-reactive ketones (excluding diaryl/α,β-unsaturated/α-hetero) is 1. The van der Waals surface area contributed by atoms with Crippen molar-refractivity contribution in [3.05, 3.63) is 34.3 Å². The molecule has 0 saturated carbocycles. The van der Waals surface area contributed by atoms with Gasteiger partial charge in [-0.15, -0.1) is 11.6 Å². The van der Waals surface area contributed by atoms with Gasteiger partial charge in [0.05, 0.1) is 5.88 Å². The summed E-state index contributed by atoms with van der Waals surface area (Å²) in [5, 5.41) is 0.689. The van der Waals surface area contributed by atoms with Gasteiger partial charge in [-0.25, -0.2) is 0 Å². The smallest absolute Gasteiger partial charge is 0.177 e. The molecule has 0 amide bonds. The van der Waals surface area contributed by atoms with Crippen LogP contribution in [0.15, 0.2) is 18.2 Å². The van der Waals surface area contributed by atoms with E-state index in [0.717, 1.165) is 5.56 Å². The highest BCUT2D eigenvalue weighted by Crippen LogP contribution is 2.30. The van der Waals surface area contributed by atoms with Crippen LogP contribution in [-0.4, -0.2) is 11.7 Å². The van der Waals surface area contributed by atoms with Gasteiger partial charge in [-0.3, -0.25) is 4.79 Å². The van der Waals surface area contributed by atoms with Crippen molar-refractivity contribution in [2.45, 2.75) is 26.2 Å². The second-order valence-electron chi connectivity index (χ2n) is 4.50. The lowest BCUT2D eigenvalue weighted by Crippen LogP contribution is -2.13. The third-order valence-electron chi connectivity index (χ3n) is 2.22. The topological polar surface area (TPSA) is 17.1 Å². The van der Waals surface area contributed by atoms with Crippen molar-refractivity contribution in [3.63, 3.8) is 0 Å². The van der Waals surface area contributed by atoms with E-state index in [4.69, 9.17) is 23.2 Å². The second-order valence-corrected chi connectivity index (χ2v) is 5.18. The summed E-state index contributed by atoms with van der Waals surface area (Å²) in [5.41, 5.74) is 1.53. The number of hydrogen-bond donors (Lipinski definition) is 0. The monoisotopic (exact) mass is 244 g/mol. The summed E-state index contributed by atoms with van der Waals surface area (Å²) in [5.74, 6) is -0.0654. The number of halogens is 2. The van der Waals surface area contributed by atoms with Crippen LogP contribution in [-0.2, 0) is 5.41 Å². The second kappa shape index (κ2) is 4.54. The van der Waals surface area contributed by atoms with Crippen LogP contribution in [0.2, 0.25) is 5.02 Å². The first-order chi connectivity index (χ1) is 6.86. The molecule has 0 bridgehead atoms. The number of hydrogen-bond acceptors (Lipinski definition) is 1. The first-order valence-electron chi connectivity index (χ1n) is 4.75. The van der Waals surface area contributed by atoms with Crippen LogP contribution in [0, 0.1) is 0 Å². The Morgan fingerprint density at radius 3 is 2.40 bits per heavy atom. The average molecular weight is 245 g/mol. The third kappa shape index (κ3) is 2.96. The molecule has 0 N–H and O–H groups in total. The molecule has 1 aromatic rings. The van der Waals surface area contributed by atoms with E-state index in [1.807, 2.05) is 6.07 Å². The number of rotatable bonds is 2. The maximum atomic E-state index is 11.4. The fourth-order valence-electron chi connectivity index (χ4n) is 1.35. The Balaban J connectivity index is 3.23. The van der Waals surface area contributed by atoms with E-state index in [1.165, 1.54) is 0 Å². The van der Waals surface area contributed by atoms with E-state index < -0.39 is 0 Å². The van der Waals surface area contributed by atoms with E-state index in [1.54, 1.807) is 12.1 Å². The summed E-state index contributed by atoms with van der Waals surface area (Å²) in [4.78, 5) is 11.4. The standard InChI is InChI=1S/C12H14Cl2O/c1-12(2,3)9-6-8(11(15)7-13)4-5-10(9)14/h4-6H,7H2,1-3H3. The van der Waals surface area contributed by atoms with Crippen LogP contribution in [0.1, 0.15) is 36.7 Å². The summed E-state index contributed by atoms with van der Waals surface area (Å²) in [7, 11) is 0. The lowest BCUT2D eigenvalue weighted by molar-refractivity contribution is 0.102. The van der Waals surface area contributed by atoms with Crippen LogP contribution >= 0.6 is 23.2 Å². The first kappa shape index (κ1) is 12.5. The lowest BCUT2D eigenvalue weighted by Gasteiger charge is -2.21. The van der Waals surface area contributed by atoms with Crippen LogP contribution < -0.4 is 0 Å². The summed E-state index contributed by atoms with van der Waals surface area (Å²) in [6, 6.07) is 5.29. The minimum absolute atomic E-state index is 0.00517. The summed E-state index contributed by atoms with van der Waals surface area (Å²) < 4.78 is 0. The number of carbonyl (C=O) groups excluding carboxylic acids is 1. The van der Waals surface area contributed by atoms with Crippen molar-refractivity contribution in [2.24, 2.45) is 0 Å². The molecule has 0 aromatic heterocycles. The predicted octanol–water partition coefficient (Wildman–Crippen LogP) is 4.06. The molecule has 0 unspecified atom stereocenters. The van der Waals surface area contributed by atoms with Crippen LogP contribution in [0.3, 0.4) is 0 Å². The molecule has 0 aliphatic heterocycles. The number of carbonyl (C=O) groups is 1. The van der Waals surface area contributed by atoms with E-state index in [2.05, 4.69) is 20.8 Å². The Kier molecular flexibility index (Phi) is 3.80. The fourth-order valence-corrected chi connectivity index (χ4v) is 1.91. The Morgan fingerprint density at radius 1 is 1.33 bits per heavy atom. The van der Waals surface area contributed by atoms with Gasteiger partial charge >= 0.3 is 0 Å². The SMILES string of the molecule is CC(C)(C)c1cc(C(=O)CCl)ccc1Cl. The maximum Gasteiger partial charge on any atom is 0.177 e. The molecule has 0 radical (unpaired) electrons.